The van der Waals surface area contributed by atoms with Gasteiger partial charge in [-0.25, -0.2) is 5.06 Å². The van der Waals surface area contributed by atoms with Crippen LogP contribution < -0.4 is 10.1 Å². The Hall–Kier alpha value is -2.45. The molecule has 8 heteroatoms. The molecule has 1 heterocycles. The van der Waals surface area contributed by atoms with Crippen LogP contribution in [0.15, 0.2) is 30.3 Å². The lowest BCUT2D eigenvalue weighted by molar-refractivity contribution is -0.166. The summed E-state index contributed by atoms with van der Waals surface area (Å²) in [5.74, 6) is -0.806. The Morgan fingerprint density at radius 1 is 1.17 bits per heavy atom. The lowest BCUT2D eigenvalue weighted by Crippen LogP contribution is -2.45. The predicted octanol–water partition coefficient (Wildman–Crippen LogP) is 3.53. The van der Waals surface area contributed by atoms with Gasteiger partial charge in [0.2, 0.25) is 12.3 Å². The van der Waals surface area contributed by atoms with Crippen LogP contribution in [0.4, 0.5) is 0 Å². The molecular formula is C27H43N3O5. The van der Waals surface area contributed by atoms with Gasteiger partial charge in [-0.3, -0.25) is 19.6 Å². The van der Waals surface area contributed by atoms with Crippen molar-refractivity contribution in [2.45, 2.75) is 65.8 Å². The molecule has 1 aromatic rings. The molecule has 35 heavy (non-hydrogen) atoms. The first-order valence-electron chi connectivity index (χ1n) is 12.8. The number of rotatable bonds is 14. The quantitative estimate of drug-likeness (QED) is 0.236. The van der Waals surface area contributed by atoms with Gasteiger partial charge in [0.05, 0.1) is 12.6 Å². The molecule has 0 aliphatic carbocycles. The van der Waals surface area contributed by atoms with Crippen molar-refractivity contribution in [2.24, 2.45) is 17.3 Å². The largest absolute Gasteiger partial charge is 0.494 e. The van der Waals surface area contributed by atoms with Crippen LogP contribution in [0.3, 0.4) is 0 Å². The molecular weight excluding hydrogens is 446 g/mol. The maximum Gasteiger partial charge on any atom is 0.233 e. The number of carbonyl (C=O) groups excluding carboxylic acids is 3. The van der Waals surface area contributed by atoms with E-state index < -0.39 is 23.3 Å². The van der Waals surface area contributed by atoms with Gasteiger partial charge in [0, 0.05) is 31.3 Å². The molecule has 1 aliphatic heterocycles. The van der Waals surface area contributed by atoms with Gasteiger partial charge in [-0.05, 0) is 56.8 Å². The number of nitrogens with zero attached hydrogens (tertiary/aromatic N) is 2. The summed E-state index contributed by atoms with van der Waals surface area (Å²) >= 11 is 0. The highest BCUT2D eigenvalue weighted by Crippen LogP contribution is 2.31. The number of benzene rings is 1. The van der Waals surface area contributed by atoms with Crippen molar-refractivity contribution >= 4 is 18.1 Å². The second-order valence-electron chi connectivity index (χ2n) is 10.6. The fourth-order valence-electron chi connectivity index (χ4n) is 4.56. The van der Waals surface area contributed by atoms with Gasteiger partial charge in [-0.1, -0.05) is 45.4 Å². The van der Waals surface area contributed by atoms with Crippen molar-refractivity contribution in [2.75, 3.05) is 32.8 Å². The zero-order chi connectivity index (χ0) is 25.8. The van der Waals surface area contributed by atoms with Crippen LogP contribution in [0.1, 0.15) is 59.8 Å². The van der Waals surface area contributed by atoms with E-state index in [-0.39, 0.29) is 24.7 Å². The number of ether oxygens (including phenoxy) is 1. The van der Waals surface area contributed by atoms with E-state index >= 15 is 0 Å². The van der Waals surface area contributed by atoms with Gasteiger partial charge >= 0.3 is 0 Å². The zero-order valence-corrected chi connectivity index (χ0v) is 21.7. The molecule has 1 saturated heterocycles. The number of piperidine rings is 1. The first kappa shape index (κ1) is 28.8. The summed E-state index contributed by atoms with van der Waals surface area (Å²) in [7, 11) is 0. The van der Waals surface area contributed by atoms with Crippen LogP contribution in [-0.2, 0) is 14.4 Å². The second kappa shape index (κ2) is 14.2. The molecule has 0 radical (unpaired) electrons. The van der Waals surface area contributed by atoms with Crippen LogP contribution >= 0.6 is 0 Å². The van der Waals surface area contributed by atoms with Gasteiger partial charge in [0.1, 0.15) is 11.5 Å². The van der Waals surface area contributed by atoms with Gasteiger partial charge in [0.15, 0.2) is 0 Å². The summed E-state index contributed by atoms with van der Waals surface area (Å²) in [5, 5.41) is 13.6. The SMILES string of the molecule is C[C@@H]([C@@H](CCOc1ccccc1)C(=O)C[C@H](C(=O)NCCN1CCCCC1)C(C)(C)C)N(O)C=O. The molecule has 0 unspecified atom stereocenters. The Kier molecular flexibility index (Phi) is 11.7. The third-order valence-corrected chi connectivity index (χ3v) is 6.91. The number of likely N-dealkylation sites (tertiary alicyclic amines) is 1. The van der Waals surface area contributed by atoms with E-state index in [9.17, 15) is 19.6 Å². The number of nitrogens with one attached hydrogen (secondary N) is 1. The summed E-state index contributed by atoms with van der Waals surface area (Å²) in [6, 6.07) is 8.53. The molecule has 2 amide bonds. The van der Waals surface area contributed by atoms with E-state index in [0.29, 0.717) is 30.2 Å². The highest BCUT2D eigenvalue weighted by atomic mass is 16.5. The summed E-state index contributed by atoms with van der Waals surface area (Å²) in [5.41, 5.74) is -0.428. The lowest BCUT2D eigenvalue weighted by Gasteiger charge is -2.33. The van der Waals surface area contributed by atoms with Gasteiger partial charge in [-0.2, -0.15) is 0 Å². The topological polar surface area (TPSA) is 99.2 Å². The van der Waals surface area contributed by atoms with Crippen LogP contribution in [0.2, 0.25) is 0 Å². The predicted molar refractivity (Wildman–Crippen MR) is 135 cm³/mol. The molecule has 1 aliphatic rings. The fraction of sp³-hybridized carbons (Fsp3) is 0.667. The Bertz CT molecular complexity index is 790. The Morgan fingerprint density at radius 2 is 1.83 bits per heavy atom. The fourth-order valence-corrected chi connectivity index (χ4v) is 4.56. The molecule has 2 N–H and O–H groups in total. The molecule has 0 saturated carbocycles. The molecule has 1 aromatic carbocycles. The van der Waals surface area contributed by atoms with E-state index in [1.807, 2.05) is 51.1 Å². The van der Waals surface area contributed by atoms with Gasteiger partial charge in [-0.15, -0.1) is 0 Å². The first-order chi connectivity index (χ1) is 16.6. The highest BCUT2D eigenvalue weighted by Gasteiger charge is 2.37. The van der Waals surface area contributed by atoms with Crippen molar-refractivity contribution in [1.82, 2.24) is 15.3 Å². The normalized spacial score (nSPS) is 17.2. The van der Waals surface area contributed by atoms with E-state index in [2.05, 4.69) is 10.2 Å². The minimum absolute atomic E-state index is 0.0338. The Labute approximate surface area is 210 Å². The van der Waals surface area contributed by atoms with Crippen LogP contribution in [0.25, 0.3) is 0 Å². The second-order valence-corrected chi connectivity index (χ2v) is 10.6. The summed E-state index contributed by atoms with van der Waals surface area (Å²) in [4.78, 5) is 40.1. The van der Waals surface area contributed by atoms with E-state index in [0.717, 1.165) is 19.6 Å². The summed E-state index contributed by atoms with van der Waals surface area (Å²) in [6.07, 6.45) is 4.31. The van der Waals surface area contributed by atoms with E-state index in [1.165, 1.54) is 19.3 Å². The number of carbonyl (C=O) groups is 3. The lowest BCUT2D eigenvalue weighted by atomic mass is 9.75. The first-order valence-corrected chi connectivity index (χ1v) is 12.8. The van der Waals surface area contributed by atoms with Crippen LogP contribution in [0.5, 0.6) is 5.75 Å². The average molecular weight is 490 g/mol. The number of amides is 2. The van der Waals surface area contributed by atoms with Crippen LogP contribution in [0, 0.1) is 17.3 Å². The van der Waals surface area contributed by atoms with Crippen molar-refractivity contribution in [3.63, 3.8) is 0 Å². The Morgan fingerprint density at radius 3 is 2.43 bits per heavy atom. The summed E-state index contributed by atoms with van der Waals surface area (Å²) < 4.78 is 5.76. The summed E-state index contributed by atoms with van der Waals surface area (Å²) in [6.45, 7) is 11.2. The highest BCUT2D eigenvalue weighted by molar-refractivity contribution is 5.89. The number of Topliss-reactive ketones (excluding diaryl/α,β-unsaturated/α-hetero) is 1. The number of hydrogen-bond acceptors (Lipinski definition) is 6. The van der Waals surface area contributed by atoms with E-state index in [4.69, 9.17) is 4.74 Å². The minimum Gasteiger partial charge on any atom is -0.494 e. The molecule has 3 atom stereocenters. The van der Waals surface area contributed by atoms with Crippen molar-refractivity contribution in [1.29, 1.82) is 0 Å². The molecule has 196 valence electrons. The molecule has 2 rings (SSSR count). The third-order valence-electron chi connectivity index (χ3n) is 6.91. The number of para-hydroxylation sites is 1. The molecule has 0 spiro atoms. The Balaban J connectivity index is 2.01. The minimum atomic E-state index is -0.734. The van der Waals surface area contributed by atoms with Gasteiger partial charge < -0.3 is 15.0 Å². The van der Waals surface area contributed by atoms with Crippen molar-refractivity contribution < 1.29 is 24.3 Å². The van der Waals surface area contributed by atoms with Crippen molar-refractivity contribution in [3.8, 4) is 5.75 Å². The number of hydroxylamine groups is 2. The van der Waals surface area contributed by atoms with E-state index in [1.54, 1.807) is 6.92 Å². The smallest absolute Gasteiger partial charge is 0.233 e. The maximum absolute atomic E-state index is 13.4. The van der Waals surface area contributed by atoms with Gasteiger partial charge in [0.25, 0.3) is 0 Å². The monoisotopic (exact) mass is 489 g/mol. The molecule has 0 bridgehead atoms. The molecule has 1 fully saturated rings. The molecule has 8 nitrogen and oxygen atoms in total. The number of hydrogen-bond donors (Lipinski definition) is 2. The maximum atomic E-state index is 13.4. The zero-order valence-electron chi connectivity index (χ0n) is 21.7. The average Bonchev–Trinajstić information content (AvgIpc) is 2.84. The molecule has 0 aromatic heterocycles. The third kappa shape index (κ3) is 9.61. The van der Waals surface area contributed by atoms with Crippen LogP contribution in [-0.4, -0.2) is 72.1 Å². The van der Waals surface area contributed by atoms with Crippen molar-refractivity contribution in [3.05, 3.63) is 30.3 Å². The number of ketones is 1. The standard InChI is InChI=1S/C27H43N3O5/c1-21(30(34)20-31)23(13-18-35-22-11-7-5-8-12-22)25(32)19-24(27(2,3)4)26(33)28-14-17-29-15-9-6-10-16-29/h5,7-8,11-12,20-21,23-24,34H,6,9-10,13-19H2,1-4H3,(H,28,33)/t21-,23+,24+/m0/s1.